The Balaban J connectivity index is 1.61. The molecule has 2 atom stereocenters. The zero-order valence-electron chi connectivity index (χ0n) is 19.2. The first-order chi connectivity index (χ1) is 15.3. The minimum Gasteiger partial charge on any atom is -0.337 e. The van der Waals surface area contributed by atoms with Gasteiger partial charge in [-0.15, -0.1) is 0 Å². The maximum Gasteiger partial charge on any atom is 0.319 e. The van der Waals surface area contributed by atoms with E-state index in [4.69, 9.17) is 0 Å². The second-order valence-electron chi connectivity index (χ2n) is 8.68. The van der Waals surface area contributed by atoms with Crippen molar-refractivity contribution in [2.24, 2.45) is 5.92 Å². The Bertz CT molecular complexity index is 943. The molecule has 2 N–H and O–H groups in total. The molecule has 4 amide bonds. The van der Waals surface area contributed by atoms with Crippen molar-refractivity contribution < 1.29 is 14.4 Å². The number of carbonyl (C=O) groups excluding carboxylic acids is 3. The third-order valence-electron chi connectivity index (χ3n) is 5.75. The van der Waals surface area contributed by atoms with Crippen molar-refractivity contribution in [1.29, 1.82) is 0 Å². The van der Waals surface area contributed by atoms with E-state index in [0.29, 0.717) is 30.9 Å². The zero-order valence-corrected chi connectivity index (χ0v) is 19.2. The molecule has 0 saturated carbocycles. The standard InChI is InChI=1S/C25H32N4O3/c1-17(2)22(27-25(32)26-21-12-10-18(3)11-13-21)24(31)28-14-15-29(19(4)16-28)23(30)20-8-6-5-7-9-20/h5-13,17,19,22H,14-16H2,1-4H3,(H2,26,27,32). The fourth-order valence-corrected chi connectivity index (χ4v) is 3.86. The lowest BCUT2D eigenvalue weighted by molar-refractivity contribution is -0.136. The van der Waals surface area contributed by atoms with Gasteiger partial charge in [-0.25, -0.2) is 4.79 Å². The second-order valence-corrected chi connectivity index (χ2v) is 8.68. The van der Waals surface area contributed by atoms with Crippen LogP contribution in [0.25, 0.3) is 0 Å². The van der Waals surface area contributed by atoms with Crippen molar-refractivity contribution in [3.8, 4) is 0 Å². The quantitative estimate of drug-likeness (QED) is 0.753. The van der Waals surface area contributed by atoms with Gasteiger partial charge in [0, 0.05) is 36.9 Å². The Morgan fingerprint density at radius 2 is 1.62 bits per heavy atom. The van der Waals surface area contributed by atoms with Gasteiger partial charge in [-0.1, -0.05) is 49.7 Å². The van der Waals surface area contributed by atoms with Crippen LogP contribution in [0.5, 0.6) is 0 Å². The highest BCUT2D eigenvalue weighted by Crippen LogP contribution is 2.17. The summed E-state index contributed by atoms with van der Waals surface area (Å²) < 4.78 is 0. The van der Waals surface area contributed by atoms with Crippen LogP contribution in [0.15, 0.2) is 54.6 Å². The Morgan fingerprint density at radius 3 is 2.22 bits per heavy atom. The number of hydrogen-bond donors (Lipinski definition) is 2. The predicted molar refractivity (Wildman–Crippen MR) is 125 cm³/mol. The number of urea groups is 1. The third kappa shape index (κ3) is 5.66. The van der Waals surface area contributed by atoms with Gasteiger partial charge in [0.1, 0.15) is 6.04 Å². The number of nitrogens with zero attached hydrogens (tertiary/aromatic N) is 2. The summed E-state index contributed by atoms with van der Waals surface area (Å²) in [4.78, 5) is 42.1. The van der Waals surface area contributed by atoms with Crippen LogP contribution in [0, 0.1) is 12.8 Å². The van der Waals surface area contributed by atoms with Crippen molar-refractivity contribution in [3.05, 3.63) is 65.7 Å². The van der Waals surface area contributed by atoms with Gasteiger partial charge in [-0.05, 0) is 44.0 Å². The number of amides is 4. The Labute approximate surface area is 189 Å². The lowest BCUT2D eigenvalue weighted by atomic mass is 10.0. The van der Waals surface area contributed by atoms with E-state index in [2.05, 4.69) is 10.6 Å². The molecule has 0 aromatic heterocycles. The van der Waals surface area contributed by atoms with Crippen LogP contribution in [0.2, 0.25) is 0 Å². The third-order valence-corrected chi connectivity index (χ3v) is 5.75. The van der Waals surface area contributed by atoms with E-state index in [1.54, 1.807) is 21.9 Å². The predicted octanol–water partition coefficient (Wildman–Crippen LogP) is 3.51. The van der Waals surface area contributed by atoms with Crippen LogP contribution in [-0.2, 0) is 4.79 Å². The van der Waals surface area contributed by atoms with Crippen LogP contribution in [0.3, 0.4) is 0 Å². The Kier molecular flexibility index (Phi) is 7.51. The summed E-state index contributed by atoms with van der Waals surface area (Å²) in [6.45, 7) is 9.07. The summed E-state index contributed by atoms with van der Waals surface area (Å²) in [5.41, 5.74) is 2.42. The molecule has 7 nitrogen and oxygen atoms in total. The van der Waals surface area contributed by atoms with Crippen LogP contribution in [0.4, 0.5) is 10.5 Å². The van der Waals surface area contributed by atoms with Crippen molar-refractivity contribution in [2.45, 2.75) is 39.8 Å². The number of rotatable bonds is 5. The van der Waals surface area contributed by atoms with Gasteiger partial charge in [0.25, 0.3) is 5.91 Å². The molecule has 0 bridgehead atoms. The van der Waals surface area contributed by atoms with E-state index >= 15 is 0 Å². The zero-order chi connectivity index (χ0) is 23.3. The Morgan fingerprint density at radius 1 is 0.969 bits per heavy atom. The van der Waals surface area contributed by atoms with E-state index in [9.17, 15) is 14.4 Å². The second kappa shape index (κ2) is 10.3. The molecule has 2 unspecified atom stereocenters. The van der Waals surface area contributed by atoms with Crippen molar-refractivity contribution in [1.82, 2.24) is 15.1 Å². The smallest absolute Gasteiger partial charge is 0.319 e. The molecule has 0 spiro atoms. The minimum absolute atomic E-state index is 0.0267. The van der Waals surface area contributed by atoms with Gasteiger partial charge < -0.3 is 20.4 Å². The average Bonchev–Trinajstić information content (AvgIpc) is 2.78. The first kappa shape index (κ1) is 23.3. The maximum atomic E-state index is 13.2. The highest BCUT2D eigenvalue weighted by molar-refractivity contribution is 5.95. The summed E-state index contributed by atoms with van der Waals surface area (Å²) in [7, 11) is 0. The van der Waals surface area contributed by atoms with Crippen LogP contribution >= 0.6 is 0 Å². The molecule has 1 aliphatic rings. The summed E-state index contributed by atoms with van der Waals surface area (Å²) >= 11 is 0. The largest absolute Gasteiger partial charge is 0.337 e. The fourth-order valence-electron chi connectivity index (χ4n) is 3.86. The number of hydrogen-bond acceptors (Lipinski definition) is 3. The Hall–Kier alpha value is -3.35. The molecule has 2 aromatic carbocycles. The number of anilines is 1. The lowest BCUT2D eigenvalue weighted by Crippen LogP contribution is -2.60. The minimum atomic E-state index is -0.649. The molecule has 7 heteroatoms. The van der Waals surface area contributed by atoms with Gasteiger partial charge in [0.2, 0.25) is 5.91 Å². The van der Waals surface area contributed by atoms with Gasteiger partial charge in [-0.3, -0.25) is 9.59 Å². The highest BCUT2D eigenvalue weighted by atomic mass is 16.2. The van der Waals surface area contributed by atoms with Gasteiger partial charge in [0.15, 0.2) is 0 Å². The topological polar surface area (TPSA) is 81.8 Å². The van der Waals surface area contributed by atoms with Crippen molar-refractivity contribution in [3.63, 3.8) is 0 Å². The van der Waals surface area contributed by atoms with Gasteiger partial charge >= 0.3 is 6.03 Å². The lowest BCUT2D eigenvalue weighted by Gasteiger charge is -2.41. The molecular formula is C25H32N4O3. The first-order valence-corrected chi connectivity index (χ1v) is 11.0. The number of carbonyl (C=O) groups is 3. The van der Waals surface area contributed by atoms with Crippen molar-refractivity contribution in [2.75, 3.05) is 25.0 Å². The maximum absolute atomic E-state index is 13.2. The highest BCUT2D eigenvalue weighted by Gasteiger charge is 2.34. The van der Waals surface area contributed by atoms with E-state index in [-0.39, 0.29) is 23.8 Å². The van der Waals surface area contributed by atoms with E-state index in [1.807, 2.05) is 70.2 Å². The molecule has 2 aromatic rings. The molecule has 1 heterocycles. The summed E-state index contributed by atoms with van der Waals surface area (Å²) in [5, 5.41) is 5.62. The average molecular weight is 437 g/mol. The monoisotopic (exact) mass is 436 g/mol. The van der Waals surface area contributed by atoms with Gasteiger partial charge in [0.05, 0.1) is 0 Å². The van der Waals surface area contributed by atoms with E-state index < -0.39 is 12.1 Å². The van der Waals surface area contributed by atoms with Gasteiger partial charge in [-0.2, -0.15) is 0 Å². The van der Waals surface area contributed by atoms with E-state index in [0.717, 1.165) is 5.56 Å². The molecule has 32 heavy (non-hydrogen) atoms. The number of benzene rings is 2. The molecule has 0 aliphatic carbocycles. The summed E-state index contributed by atoms with van der Waals surface area (Å²) in [6.07, 6.45) is 0. The normalized spacial score (nSPS) is 17.1. The van der Waals surface area contributed by atoms with Crippen LogP contribution in [-0.4, -0.2) is 59.4 Å². The molecule has 3 rings (SSSR count). The molecule has 1 fully saturated rings. The molecule has 170 valence electrons. The molecule has 1 saturated heterocycles. The van der Waals surface area contributed by atoms with Crippen molar-refractivity contribution >= 4 is 23.5 Å². The van der Waals surface area contributed by atoms with Crippen LogP contribution in [0.1, 0.15) is 36.7 Å². The fraction of sp³-hybridized carbons (Fsp3) is 0.400. The first-order valence-electron chi connectivity index (χ1n) is 11.0. The number of piperazine rings is 1. The van der Waals surface area contributed by atoms with Crippen LogP contribution < -0.4 is 10.6 Å². The SMILES string of the molecule is Cc1ccc(NC(=O)NC(C(=O)N2CCN(C(=O)c3ccccc3)C(C)C2)C(C)C)cc1. The molecule has 1 aliphatic heterocycles. The molecular weight excluding hydrogens is 404 g/mol. The number of nitrogens with one attached hydrogen (secondary N) is 2. The summed E-state index contributed by atoms with van der Waals surface area (Å²) in [5.74, 6) is -0.232. The number of aryl methyl sites for hydroxylation is 1. The summed E-state index contributed by atoms with van der Waals surface area (Å²) in [6, 6.07) is 15.5. The van der Waals surface area contributed by atoms with E-state index in [1.165, 1.54) is 0 Å². The molecule has 0 radical (unpaired) electrons.